The summed E-state index contributed by atoms with van der Waals surface area (Å²) in [6, 6.07) is 4.27. The van der Waals surface area contributed by atoms with Crippen LogP contribution in [0.4, 0.5) is 0 Å². The third kappa shape index (κ3) is 4.96. The van der Waals surface area contributed by atoms with E-state index in [2.05, 4.69) is 51.9 Å². The van der Waals surface area contributed by atoms with Crippen LogP contribution in [0.1, 0.15) is 27.2 Å². The molecule has 0 radical (unpaired) electrons. The second-order valence-corrected chi connectivity index (χ2v) is 9.55. The molecule has 0 aliphatic carbocycles. The second kappa shape index (κ2) is 7.24. The number of nitrogens with zero attached hydrogens (tertiary/aromatic N) is 1. The van der Waals surface area contributed by atoms with E-state index < -0.39 is 8.07 Å². The molecule has 0 rings (SSSR count). The standard InChI is InChI=1S/C12H27NSi/c1-6-9-11-14(8-3,10-7-2)12-13(4)5/h6,9H,7-8,10-12H2,1-5H3/b9-6+. The second-order valence-electron chi connectivity index (χ2n) is 4.61. The summed E-state index contributed by atoms with van der Waals surface area (Å²) in [6.45, 7) is 6.84. The van der Waals surface area contributed by atoms with E-state index in [1.165, 1.54) is 30.7 Å². The zero-order chi connectivity index (χ0) is 11.0. The maximum Gasteiger partial charge on any atom is 0.0724 e. The number of allylic oxidation sites excluding steroid dienone is 2. The van der Waals surface area contributed by atoms with Crippen molar-refractivity contribution in [2.45, 2.75) is 45.3 Å². The summed E-state index contributed by atoms with van der Waals surface area (Å²) in [7, 11) is 3.41. The maximum absolute atomic E-state index is 2.38. The molecule has 0 fully saturated rings. The van der Waals surface area contributed by atoms with Gasteiger partial charge in [-0.2, -0.15) is 0 Å². The first kappa shape index (κ1) is 13.9. The van der Waals surface area contributed by atoms with Gasteiger partial charge in [-0.3, -0.25) is 0 Å². The van der Waals surface area contributed by atoms with E-state index in [4.69, 9.17) is 0 Å². The Morgan fingerprint density at radius 3 is 2.21 bits per heavy atom. The molecule has 1 unspecified atom stereocenters. The van der Waals surface area contributed by atoms with Gasteiger partial charge in [0.15, 0.2) is 0 Å². The minimum atomic E-state index is -1.01. The number of hydrogen-bond donors (Lipinski definition) is 0. The predicted octanol–water partition coefficient (Wildman–Crippen LogP) is 3.54. The van der Waals surface area contributed by atoms with Gasteiger partial charge in [-0.25, -0.2) is 0 Å². The van der Waals surface area contributed by atoms with Crippen molar-refractivity contribution in [3.05, 3.63) is 12.2 Å². The summed E-state index contributed by atoms with van der Waals surface area (Å²) >= 11 is 0. The molecule has 0 heterocycles. The molecule has 0 amide bonds. The van der Waals surface area contributed by atoms with E-state index >= 15 is 0 Å². The summed E-state index contributed by atoms with van der Waals surface area (Å²) in [6.07, 6.45) is 7.30. The van der Waals surface area contributed by atoms with Crippen molar-refractivity contribution >= 4 is 8.07 Å². The summed E-state index contributed by atoms with van der Waals surface area (Å²) in [5, 5.41) is 0. The molecular formula is C12H27NSi. The van der Waals surface area contributed by atoms with E-state index in [1.54, 1.807) is 0 Å². The molecule has 0 aromatic carbocycles. The first-order valence-electron chi connectivity index (χ1n) is 5.86. The Hall–Kier alpha value is -0.0831. The van der Waals surface area contributed by atoms with Crippen LogP contribution in [0.5, 0.6) is 0 Å². The zero-order valence-electron chi connectivity index (χ0n) is 10.6. The Balaban J connectivity index is 4.41. The lowest BCUT2D eigenvalue weighted by Gasteiger charge is -2.32. The molecule has 0 N–H and O–H groups in total. The van der Waals surface area contributed by atoms with Crippen molar-refractivity contribution < 1.29 is 0 Å². The number of hydrogen-bond acceptors (Lipinski definition) is 1. The predicted molar refractivity (Wildman–Crippen MR) is 69.5 cm³/mol. The zero-order valence-corrected chi connectivity index (χ0v) is 11.6. The third-order valence-corrected chi connectivity index (χ3v) is 8.43. The maximum atomic E-state index is 2.38. The van der Waals surface area contributed by atoms with Gasteiger partial charge in [0.2, 0.25) is 0 Å². The SMILES string of the molecule is C/C=C/C[Si](CC)(CCC)CN(C)C. The van der Waals surface area contributed by atoms with Crippen molar-refractivity contribution in [3.8, 4) is 0 Å². The van der Waals surface area contributed by atoms with Gasteiger partial charge in [0.05, 0.1) is 8.07 Å². The Morgan fingerprint density at radius 1 is 1.21 bits per heavy atom. The van der Waals surface area contributed by atoms with Crippen molar-refractivity contribution in [2.24, 2.45) is 0 Å². The summed E-state index contributed by atoms with van der Waals surface area (Å²) < 4.78 is 0. The molecule has 0 aromatic heterocycles. The molecule has 0 bridgehead atoms. The highest BCUT2D eigenvalue weighted by atomic mass is 28.3. The van der Waals surface area contributed by atoms with Crippen LogP contribution >= 0.6 is 0 Å². The van der Waals surface area contributed by atoms with E-state index in [-0.39, 0.29) is 0 Å². The van der Waals surface area contributed by atoms with Crippen LogP contribution in [0, 0.1) is 0 Å². The Kier molecular flexibility index (Phi) is 7.20. The Labute approximate surface area is 91.2 Å². The van der Waals surface area contributed by atoms with Gasteiger partial charge in [-0.05, 0) is 33.2 Å². The van der Waals surface area contributed by atoms with Crippen molar-refractivity contribution in [2.75, 3.05) is 20.3 Å². The van der Waals surface area contributed by atoms with Crippen molar-refractivity contribution in [3.63, 3.8) is 0 Å². The van der Waals surface area contributed by atoms with Crippen molar-refractivity contribution in [1.29, 1.82) is 0 Å². The van der Waals surface area contributed by atoms with Gasteiger partial charge in [-0.1, -0.05) is 44.5 Å². The van der Waals surface area contributed by atoms with Gasteiger partial charge in [-0.15, -0.1) is 0 Å². The van der Waals surface area contributed by atoms with Crippen LogP contribution in [0.3, 0.4) is 0 Å². The van der Waals surface area contributed by atoms with Crippen LogP contribution in [0.15, 0.2) is 12.2 Å². The van der Waals surface area contributed by atoms with Crippen LogP contribution in [-0.4, -0.2) is 33.2 Å². The first-order chi connectivity index (χ1) is 6.60. The minimum Gasteiger partial charge on any atom is -0.312 e. The molecule has 14 heavy (non-hydrogen) atoms. The lowest BCUT2D eigenvalue weighted by Crippen LogP contribution is -2.43. The molecule has 84 valence electrons. The molecule has 0 aliphatic rings. The molecule has 0 aromatic rings. The average molecular weight is 213 g/mol. The van der Waals surface area contributed by atoms with E-state index in [0.29, 0.717) is 0 Å². The fourth-order valence-corrected chi connectivity index (χ4v) is 6.74. The quantitative estimate of drug-likeness (QED) is 0.462. The molecule has 1 atom stereocenters. The van der Waals surface area contributed by atoms with Gasteiger partial charge >= 0.3 is 0 Å². The van der Waals surface area contributed by atoms with Crippen molar-refractivity contribution in [1.82, 2.24) is 4.90 Å². The van der Waals surface area contributed by atoms with E-state index in [9.17, 15) is 0 Å². The molecule has 0 aliphatic heterocycles. The highest BCUT2D eigenvalue weighted by molar-refractivity contribution is 6.80. The third-order valence-electron chi connectivity index (χ3n) is 2.97. The van der Waals surface area contributed by atoms with E-state index in [1.807, 2.05) is 0 Å². The lowest BCUT2D eigenvalue weighted by molar-refractivity contribution is 0.467. The van der Waals surface area contributed by atoms with Crippen LogP contribution < -0.4 is 0 Å². The van der Waals surface area contributed by atoms with Crippen LogP contribution in [0.2, 0.25) is 18.1 Å². The highest BCUT2D eigenvalue weighted by Gasteiger charge is 2.28. The molecule has 0 spiro atoms. The highest BCUT2D eigenvalue weighted by Crippen LogP contribution is 2.23. The van der Waals surface area contributed by atoms with Gasteiger partial charge in [0, 0.05) is 0 Å². The van der Waals surface area contributed by atoms with Gasteiger partial charge in [0.1, 0.15) is 0 Å². The summed E-state index contributed by atoms with van der Waals surface area (Å²) in [5.74, 6) is 0. The summed E-state index contributed by atoms with van der Waals surface area (Å²) in [5.41, 5.74) is 0. The molecule has 0 saturated carbocycles. The normalized spacial score (nSPS) is 16.4. The van der Waals surface area contributed by atoms with Gasteiger partial charge < -0.3 is 4.90 Å². The monoisotopic (exact) mass is 213 g/mol. The van der Waals surface area contributed by atoms with Gasteiger partial charge in [0.25, 0.3) is 0 Å². The smallest absolute Gasteiger partial charge is 0.0724 e. The number of rotatable bonds is 7. The Bertz CT molecular complexity index is 166. The fraction of sp³-hybridized carbons (Fsp3) is 0.833. The molecular weight excluding hydrogens is 186 g/mol. The molecule has 2 heteroatoms. The van der Waals surface area contributed by atoms with E-state index in [0.717, 1.165) is 0 Å². The first-order valence-corrected chi connectivity index (χ1v) is 8.69. The largest absolute Gasteiger partial charge is 0.312 e. The summed E-state index contributed by atoms with van der Waals surface area (Å²) in [4.78, 5) is 2.38. The minimum absolute atomic E-state index is 1.01. The lowest BCUT2D eigenvalue weighted by atomic mass is 10.6. The van der Waals surface area contributed by atoms with Crippen LogP contribution in [0.25, 0.3) is 0 Å². The van der Waals surface area contributed by atoms with Crippen LogP contribution in [-0.2, 0) is 0 Å². The molecule has 1 nitrogen and oxygen atoms in total. The average Bonchev–Trinajstić information content (AvgIpc) is 2.14. The topological polar surface area (TPSA) is 3.24 Å². The fourth-order valence-electron chi connectivity index (χ4n) is 2.25. The molecule has 0 saturated heterocycles. The Morgan fingerprint density at radius 2 is 1.86 bits per heavy atom.